The minimum Gasteiger partial charge on any atom is -0.262 e. The second kappa shape index (κ2) is 6.08. The zero-order chi connectivity index (χ0) is 17.2. The number of pyridine rings is 2. The maximum absolute atomic E-state index is 12.8. The number of hydrogen-bond acceptors (Lipinski definition) is 6. The van der Waals surface area contributed by atoms with Crippen molar-refractivity contribution in [2.45, 2.75) is 6.92 Å². The summed E-state index contributed by atoms with van der Waals surface area (Å²) in [5.74, 6) is 1.48. The van der Waals surface area contributed by atoms with Gasteiger partial charge in [0.2, 0.25) is 0 Å². The van der Waals surface area contributed by atoms with Gasteiger partial charge in [-0.05, 0) is 37.3 Å². The summed E-state index contributed by atoms with van der Waals surface area (Å²) in [6, 6.07) is 10.6. The van der Waals surface area contributed by atoms with Crippen molar-refractivity contribution in [1.29, 1.82) is 0 Å². The Labute approximate surface area is 142 Å². The van der Waals surface area contributed by atoms with E-state index in [1.54, 1.807) is 68.1 Å². The third-order valence-corrected chi connectivity index (χ3v) is 3.59. The van der Waals surface area contributed by atoms with E-state index < -0.39 is 0 Å². The average Bonchev–Trinajstić information content (AvgIpc) is 2.97. The lowest BCUT2D eigenvalue weighted by molar-refractivity contribution is 0.818. The van der Waals surface area contributed by atoms with E-state index in [4.69, 9.17) is 0 Å². The van der Waals surface area contributed by atoms with Gasteiger partial charge in [0, 0.05) is 18.6 Å². The predicted molar refractivity (Wildman–Crippen MR) is 90.5 cm³/mol. The molecule has 4 aromatic rings. The van der Waals surface area contributed by atoms with Gasteiger partial charge in [0.25, 0.3) is 0 Å². The zero-order valence-electron chi connectivity index (χ0n) is 13.3. The minimum atomic E-state index is -0.316. The summed E-state index contributed by atoms with van der Waals surface area (Å²) in [6.07, 6.45) is 6.52. The summed E-state index contributed by atoms with van der Waals surface area (Å²) < 4.78 is 2.75. The normalized spacial score (nSPS) is 10.8. The second-order valence-corrected chi connectivity index (χ2v) is 5.24. The van der Waals surface area contributed by atoms with Crippen molar-refractivity contribution in [3.63, 3.8) is 0 Å². The first-order valence-electron chi connectivity index (χ1n) is 7.58. The highest BCUT2D eigenvalue weighted by Gasteiger charge is 2.15. The molecular formula is C17H13N7O. The molecule has 4 heterocycles. The molecule has 0 radical (unpaired) electrons. The maximum Gasteiger partial charge on any atom is 0.356 e. The van der Waals surface area contributed by atoms with Crippen LogP contribution in [0.5, 0.6) is 0 Å². The third kappa shape index (κ3) is 2.69. The van der Waals surface area contributed by atoms with Crippen LogP contribution in [-0.4, -0.2) is 34.3 Å². The van der Waals surface area contributed by atoms with Crippen molar-refractivity contribution in [2.24, 2.45) is 0 Å². The molecule has 0 atom stereocenters. The van der Waals surface area contributed by atoms with Gasteiger partial charge in [0.15, 0.2) is 5.82 Å². The molecule has 0 aliphatic carbocycles. The Kier molecular flexibility index (Phi) is 3.62. The molecule has 0 unspecified atom stereocenters. The zero-order valence-corrected chi connectivity index (χ0v) is 13.3. The van der Waals surface area contributed by atoms with Crippen molar-refractivity contribution in [3.8, 4) is 23.0 Å². The van der Waals surface area contributed by atoms with E-state index in [1.165, 1.54) is 9.25 Å². The molecule has 0 bridgehead atoms. The van der Waals surface area contributed by atoms with Crippen molar-refractivity contribution in [1.82, 2.24) is 34.3 Å². The molecule has 0 N–H and O–H groups in total. The topological polar surface area (TPSA) is 91.4 Å². The third-order valence-electron chi connectivity index (χ3n) is 3.59. The molecule has 4 rings (SSSR count). The first-order valence-corrected chi connectivity index (χ1v) is 7.58. The summed E-state index contributed by atoms with van der Waals surface area (Å²) in [5, 5.41) is 4.32. The van der Waals surface area contributed by atoms with Gasteiger partial charge in [0.1, 0.15) is 17.3 Å². The SMILES string of the molecule is Cc1nn(-c2cccnc2)c(=O)n1-c1cccc(-c2ncccn2)n1. The highest BCUT2D eigenvalue weighted by atomic mass is 16.2. The molecule has 0 aromatic carbocycles. The van der Waals surface area contributed by atoms with E-state index in [0.29, 0.717) is 28.8 Å². The number of aryl methyl sites for hydroxylation is 1. The fraction of sp³-hybridized carbons (Fsp3) is 0.0588. The lowest BCUT2D eigenvalue weighted by atomic mass is 10.3. The molecule has 122 valence electrons. The molecular weight excluding hydrogens is 318 g/mol. The quantitative estimate of drug-likeness (QED) is 0.566. The largest absolute Gasteiger partial charge is 0.356 e. The Morgan fingerprint density at radius 2 is 1.80 bits per heavy atom. The second-order valence-electron chi connectivity index (χ2n) is 5.24. The fourth-order valence-electron chi connectivity index (χ4n) is 2.48. The monoisotopic (exact) mass is 331 g/mol. The summed E-state index contributed by atoms with van der Waals surface area (Å²) in [6.45, 7) is 1.75. The van der Waals surface area contributed by atoms with Crippen LogP contribution in [0.3, 0.4) is 0 Å². The molecule has 4 aromatic heterocycles. The Hall–Kier alpha value is -3.68. The summed E-state index contributed by atoms with van der Waals surface area (Å²) in [5.41, 5.74) is 0.861. The Balaban J connectivity index is 1.84. The standard InChI is InChI=1S/C17H13N7O/c1-12-22-24(13-5-3-8-18-11-13)17(25)23(12)15-7-2-6-14(21-15)16-19-9-4-10-20-16/h2-11H,1H3. The fourth-order valence-corrected chi connectivity index (χ4v) is 2.48. The highest BCUT2D eigenvalue weighted by Crippen LogP contribution is 2.14. The van der Waals surface area contributed by atoms with Crippen molar-refractivity contribution in [2.75, 3.05) is 0 Å². The molecule has 0 aliphatic rings. The summed E-state index contributed by atoms with van der Waals surface area (Å²) in [4.78, 5) is 29.7. The van der Waals surface area contributed by atoms with Crippen molar-refractivity contribution < 1.29 is 0 Å². The first kappa shape index (κ1) is 14.9. The number of nitrogens with zero attached hydrogens (tertiary/aromatic N) is 7. The van der Waals surface area contributed by atoms with Gasteiger partial charge in [-0.3, -0.25) is 4.98 Å². The van der Waals surface area contributed by atoms with Crippen LogP contribution in [0.25, 0.3) is 23.0 Å². The minimum absolute atomic E-state index is 0.316. The van der Waals surface area contributed by atoms with Crippen LogP contribution < -0.4 is 5.69 Å². The van der Waals surface area contributed by atoms with Crippen LogP contribution in [0.1, 0.15) is 5.82 Å². The Morgan fingerprint density at radius 1 is 0.960 bits per heavy atom. The lowest BCUT2D eigenvalue weighted by Gasteiger charge is -2.04. The molecule has 25 heavy (non-hydrogen) atoms. The van der Waals surface area contributed by atoms with E-state index in [0.717, 1.165) is 0 Å². The van der Waals surface area contributed by atoms with Crippen LogP contribution in [0.2, 0.25) is 0 Å². The molecule has 0 saturated carbocycles. The van der Waals surface area contributed by atoms with E-state index in [2.05, 4.69) is 25.0 Å². The molecule has 8 nitrogen and oxygen atoms in total. The maximum atomic E-state index is 12.8. The van der Waals surface area contributed by atoms with Crippen molar-refractivity contribution >= 4 is 0 Å². The van der Waals surface area contributed by atoms with Gasteiger partial charge >= 0.3 is 5.69 Å². The molecule has 0 amide bonds. The van der Waals surface area contributed by atoms with Crippen LogP contribution >= 0.6 is 0 Å². The van der Waals surface area contributed by atoms with Crippen LogP contribution in [0, 0.1) is 6.92 Å². The molecule has 0 fully saturated rings. The van der Waals surface area contributed by atoms with E-state index in [9.17, 15) is 4.79 Å². The first-order chi connectivity index (χ1) is 12.2. The molecule has 0 spiro atoms. The van der Waals surface area contributed by atoms with Gasteiger partial charge < -0.3 is 0 Å². The molecule has 0 aliphatic heterocycles. The van der Waals surface area contributed by atoms with Gasteiger partial charge in [-0.2, -0.15) is 4.68 Å². The predicted octanol–water partition coefficient (Wildman–Crippen LogP) is 1.58. The van der Waals surface area contributed by atoms with Crippen LogP contribution in [-0.2, 0) is 0 Å². The van der Waals surface area contributed by atoms with Gasteiger partial charge in [-0.25, -0.2) is 24.3 Å². The Bertz CT molecular complexity index is 1070. The summed E-state index contributed by atoms with van der Waals surface area (Å²) >= 11 is 0. The van der Waals surface area contributed by atoms with Gasteiger partial charge in [-0.15, -0.1) is 5.10 Å². The van der Waals surface area contributed by atoms with E-state index in [-0.39, 0.29) is 5.69 Å². The number of rotatable bonds is 3. The lowest BCUT2D eigenvalue weighted by Crippen LogP contribution is -2.23. The summed E-state index contributed by atoms with van der Waals surface area (Å²) in [7, 11) is 0. The number of aromatic nitrogens is 7. The van der Waals surface area contributed by atoms with Crippen molar-refractivity contribution in [3.05, 3.63) is 77.5 Å². The Morgan fingerprint density at radius 3 is 2.56 bits per heavy atom. The smallest absolute Gasteiger partial charge is 0.262 e. The van der Waals surface area contributed by atoms with E-state index >= 15 is 0 Å². The van der Waals surface area contributed by atoms with Gasteiger partial charge in [0.05, 0.1) is 11.9 Å². The van der Waals surface area contributed by atoms with Gasteiger partial charge in [-0.1, -0.05) is 6.07 Å². The highest BCUT2D eigenvalue weighted by molar-refractivity contribution is 5.50. The van der Waals surface area contributed by atoms with Crippen LogP contribution in [0.4, 0.5) is 0 Å². The molecule has 8 heteroatoms. The van der Waals surface area contributed by atoms with E-state index in [1.807, 2.05) is 0 Å². The molecule has 0 saturated heterocycles. The average molecular weight is 331 g/mol. The number of hydrogen-bond donors (Lipinski definition) is 0. The van der Waals surface area contributed by atoms with Crippen LogP contribution in [0.15, 0.2) is 66.0 Å².